The highest BCUT2D eigenvalue weighted by Gasteiger charge is 1.98. The van der Waals surface area contributed by atoms with Crippen LogP contribution in [-0.2, 0) is 12.4 Å². The molecule has 0 aliphatic carbocycles. The summed E-state index contributed by atoms with van der Waals surface area (Å²) in [5.74, 6) is 0.539. The fourth-order valence-corrected chi connectivity index (χ4v) is 2.37. The van der Waals surface area contributed by atoms with Gasteiger partial charge in [-0.2, -0.15) is 0 Å². The molecule has 2 nitrogen and oxygen atoms in total. The van der Waals surface area contributed by atoms with E-state index >= 15 is 0 Å². The van der Waals surface area contributed by atoms with Gasteiger partial charge in [0.15, 0.2) is 0 Å². The summed E-state index contributed by atoms with van der Waals surface area (Å²) in [5.41, 5.74) is 4.48. The standard InChI is InChI=1S/C17H15ClN2/c18-11-13-3-1-5-16(10-13)20-12-14-6-7-17-15(9-14)4-2-8-19-17/h1-10,20H,11-12H2. The molecule has 0 saturated carbocycles. The van der Waals surface area contributed by atoms with Crippen LogP contribution < -0.4 is 5.32 Å². The van der Waals surface area contributed by atoms with Crippen LogP contribution in [0.25, 0.3) is 10.9 Å². The first kappa shape index (κ1) is 12.9. The van der Waals surface area contributed by atoms with Gasteiger partial charge in [0.05, 0.1) is 5.52 Å². The minimum Gasteiger partial charge on any atom is -0.381 e. The third-order valence-corrected chi connectivity index (χ3v) is 3.55. The van der Waals surface area contributed by atoms with E-state index in [9.17, 15) is 0 Å². The largest absolute Gasteiger partial charge is 0.381 e. The van der Waals surface area contributed by atoms with E-state index in [0.717, 1.165) is 23.3 Å². The second-order valence-corrected chi connectivity index (χ2v) is 4.99. The highest BCUT2D eigenvalue weighted by Crippen LogP contribution is 2.16. The van der Waals surface area contributed by atoms with E-state index in [4.69, 9.17) is 11.6 Å². The zero-order chi connectivity index (χ0) is 13.8. The molecule has 0 bridgehead atoms. The second kappa shape index (κ2) is 5.93. The van der Waals surface area contributed by atoms with E-state index in [1.165, 1.54) is 10.9 Å². The summed E-state index contributed by atoms with van der Waals surface area (Å²) in [6, 6.07) is 18.6. The first-order valence-electron chi connectivity index (χ1n) is 6.57. The summed E-state index contributed by atoms with van der Waals surface area (Å²) in [5, 5.41) is 4.59. The number of nitrogens with one attached hydrogen (secondary N) is 1. The normalized spacial score (nSPS) is 10.7. The molecule has 3 rings (SSSR count). The summed E-state index contributed by atoms with van der Waals surface area (Å²) in [6.07, 6.45) is 1.82. The monoisotopic (exact) mass is 282 g/mol. The number of hydrogen-bond acceptors (Lipinski definition) is 2. The number of nitrogens with zero attached hydrogens (tertiary/aromatic N) is 1. The quantitative estimate of drug-likeness (QED) is 0.708. The number of anilines is 1. The summed E-state index contributed by atoms with van der Waals surface area (Å²) in [7, 11) is 0. The molecular formula is C17H15ClN2. The molecule has 100 valence electrons. The first-order chi connectivity index (χ1) is 9.85. The molecule has 0 unspecified atom stereocenters. The van der Waals surface area contributed by atoms with Gasteiger partial charge in [0, 0.05) is 29.7 Å². The SMILES string of the molecule is ClCc1cccc(NCc2ccc3ncccc3c2)c1. The molecule has 2 aromatic carbocycles. The van der Waals surface area contributed by atoms with E-state index in [0.29, 0.717) is 5.88 Å². The van der Waals surface area contributed by atoms with Crippen molar-refractivity contribution in [3.63, 3.8) is 0 Å². The smallest absolute Gasteiger partial charge is 0.0702 e. The zero-order valence-corrected chi connectivity index (χ0v) is 11.8. The van der Waals surface area contributed by atoms with E-state index in [-0.39, 0.29) is 0 Å². The van der Waals surface area contributed by atoms with Crippen LogP contribution in [0.4, 0.5) is 5.69 Å². The number of halogens is 1. The topological polar surface area (TPSA) is 24.9 Å². The minimum atomic E-state index is 0.539. The van der Waals surface area contributed by atoms with Crippen LogP contribution in [0.1, 0.15) is 11.1 Å². The van der Waals surface area contributed by atoms with Crippen LogP contribution in [0, 0.1) is 0 Å². The number of hydrogen-bond donors (Lipinski definition) is 1. The molecule has 0 aliphatic heterocycles. The average molecular weight is 283 g/mol. The van der Waals surface area contributed by atoms with Crippen LogP contribution in [-0.4, -0.2) is 4.98 Å². The Labute approximate surface area is 123 Å². The predicted molar refractivity (Wildman–Crippen MR) is 85.1 cm³/mol. The molecule has 1 N–H and O–H groups in total. The Morgan fingerprint density at radius 1 is 0.950 bits per heavy atom. The van der Waals surface area contributed by atoms with Gasteiger partial charge in [-0.3, -0.25) is 4.98 Å². The summed E-state index contributed by atoms with van der Waals surface area (Å²) in [4.78, 5) is 4.33. The van der Waals surface area contributed by atoms with Crippen molar-refractivity contribution in [3.8, 4) is 0 Å². The molecule has 3 aromatic rings. The van der Waals surface area contributed by atoms with Crippen LogP contribution in [0.3, 0.4) is 0 Å². The number of rotatable bonds is 4. The number of benzene rings is 2. The van der Waals surface area contributed by atoms with Crippen molar-refractivity contribution in [2.24, 2.45) is 0 Å². The molecule has 0 amide bonds. The molecule has 0 fully saturated rings. The van der Waals surface area contributed by atoms with E-state index in [1.54, 1.807) is 0 Å². The van der Waals surface area contributed by atoms with Crippen molar-refractivity contribution in [3.05, 3.63) is 71.9 Å². The number of fused-ring (bicyclic) bond motifs is 1. The lowest BCUT2D eigenvalue weighted by atomic mass is 10.1. The van der Waals surface area contributed by atoms with Crippen molar-refractivity contribution in [1.29, 1.82) is 0 Å². The Kier molecular flexibility index (Phi) is 3.84. The lowest BCUT2D eigenvalue weighted by Gasteiger charge is -2.08. The molecule has 0 aliphatic rings. The Morgan fingerprint density at radius 3 is 2.80 bits per heavy atom. The Bertz CT molecular complexity index is 725. The summed E-state index contributed by atoms with van der Waals surface area (Å²) >= 11 is 5.85. The molecule has 1 heterocycles. The van der Waals surface area contributed by atoms with Gasteiger partial charge in [-0.05, 0) is 41.5 Å². The van der Waals surface area contributed by atoms with Gasteiger partial charge in [-0.15, -0.1) is 11.6 Å². The van der Waals surface area contributed by atoms with Crippen LogP contribution in [0.15, 0.2) is 60.8 Å². The zero-order valence-electron chi connectivity index (χ0n) is 11.0. The van der Waals surface area contributed by atoms with Crippen LogP contribution >= 0.6 is 11.6 Å². The van der Waals surface area contributed by atoms with Crippen molar-refractivity contribution in [2.75, 3.05) is 5.32 Å². The Balaban J connectivity index is 1.76. The Morgan fingerprint density at radius 2 is 1.90 bits per heavy atom. The van der Waals surface area contributed by atoms with Gasteiger partial charge < -0.3 is 5.32 Å². The number of aromatic nitrogens is 1. The third-order valence-electron chi connectivity index (χ3n) is 3.25. The minimum absolute atomic E-state index is 0.539. The van der Waals surface area contributed by atoms with Crippen molar-refractivity contribution >= 4 is 28.2 Å². The molecule has 0 spiro atoms. The lowest BCUT2D eigenvalue weighted by molar-refractivity contribution is 1.15. The van der Waals surface area contributed by atoms with Crippen LogP contribution in [0.5, 0.6) is 0 Å². The molecule has 1 aromatic heterocycles. The first-order valence-corrected chi connectivity index (χ1v) is 7.11. The maximum absolute atomic E-state index is 5.85. The van der Waals surface area contributed by atoms with Crippen molar-refractivity contribution in [2.45, 2.75) is 12.4 Å². The second-order valence-electron chi connectivity index (χ2n) is 4.72. The molecule has 0 radical (unpaired) electrons. The van der Waals surface area contributed by atoms with Crippen LogP contribution in [0.2, 0.25) is 0 Å². The number of alkyl halides is 1. The predicted octanol–water partition coefficient (Wildman–Crippen LogP) is 4.59. The van der Waals surface area contributed by atoms with Gasteiger partial charge in [-0.1, -0.05) is 24.3 Å². The molecule has 20 heavy (non-hydrogen) atoms. The van der Waals surface area contributed by atoms with Crippen molar-refractivity contribution < 1.29 is 0 Å². The van der Waals surface area contributed by atoms with E-state index in [1.807, 2.05) is 24.4 Å². The number of pyridine rings is 1. The third kappa shape index (κ3) is 2.91. The molecule has 3 heteroatoms. The van der Waals surface area contributed by atoms with Gasteiger partial charge in [0.2, 0.25) is 0 Å². The fourth-order valence-electron chi connectivity index (χ4n) is 2.20. The highest BCUT2D eigenvalue weighted by molar-refractivity contribution is 6.17. The summed E-state index contributed by atoms with van der Waals surface area (Å²) < 4.78 is 0. The highest BCUT2D eigenvalue weighted by atomic mass is 35.5. The maximum Gasteiger partial charge on any atom is 0.0702 e. The van der Waals surface area contributed by atoms with Crippen molar-refractivity contribution in [1.82, 2.24) is 4.98 Å². The van der Waals surface area contributed by atoms with Gasteiger partial charge in [0.25, 0.3) is 0 Å². The molecular weight excluding hydrogens is 268 g/mol. The summed E-state index contributed by atoms with van der Waals surface area (Å²) in [6.45, 7) is 0.788. The average Bonchev–Trinajstić information content (AvgIpc) is 2.53. The van der Waals surface area contributed by atoms with Gasteiger partial charge in [-0.25, -0.2) is 0 Å². The fraction of sp³-hybridized carbons (Fsp3) is 0.118. The lowest BCUT2D eigenvalue weighted by Crippen LogP contribution is -1.99. The van der Waals surface area contributed by atoms with Gasteiger partial charge in [0.1, 0.15) is 0 Å². The van der Waals surface area contributed by atoms with E-state index in [2.05, 4.69) is 46.7 Å². The van der Waals surface area contributed by atoms with E-state index < -0.39 is 0 Å². The maximum atomic E-state index is 5.85. The molecule has 0 saturated heterocycles. The molecule has 0 atom stereocenters. The Hall–Kier alpha value is -2.06. The van der Waals surface area contributed by atoms with Gasteiger partial charge >= 0.3 is 0 Å².